The highest BCUT2D eigenvalue weighted by Crippen LogP contribution is 2.31. The topological polar surface area (TPSA) is 50.7 Å². The van der Waals surface area contributed by atoms with E-state index in [9.17, 15) is 0 Å². The number of rotatable bonds is 2. The third-order valence-corrected chi connectivity index (χ3v) is 4.44. The molecule has 0 aliphatic rings. The summed E-state index contributed by atoms with van der Waals surface area (Å²) in [5.74, 6) is 1.56. The monoisotopic (exact) mass is 388 g/mol. The van der Waals surface area contributed by atoms with Crippen molar-refractivity contribution in [3.63, 3.8) is 0 Å². The minimum Gasteiger partial charge on any atom is -0.372 e. The molecule has 0 spiro atoms. The van der Waals surface area contributed by atoms with Gasteiger partial charge in [0.25, 0.3) is 0 Å². The van der Waals surface area contributed by atoms with Crippen LogP contribution in [0.25, 0.3) is 11.5 Å². The van der Waals surface area contributed by atoms with Crippen LogP contribution < -0.4 is 5.32 Å². The van der Waals surface area contributed by atoms with E-state index >= 15 is 0 Å². The number of halogens is 1. The Labute approximate surface area is 131 Å². The van der Waals surface area contributed by atoms with Crippen molar-refractivity contribution >= 4 is 39.7 Å². The maximum absolute atomic E-state index is 4.72. The number of hydrogen-bond acceptors (Lipinski definition) is 5. The number of thiazole rings is 1. The van der Waals surface area contributed by atoms with Gasteiger partial charge in [0, 0.05) is 17.8 Å². The zero-order valence-corrected chi connectivity index (χ0v) is 14.7. The minimum absolute atomic E-state index is 0.0229. The molecule has 4 nitrogen and oxygen atoms in total. The SMILES string of the molecule is CNc1nc(-c2csc(C)n2)nc(C(C)(C)C)c1I. The fraction of sp³-hybridized carbons (Fsp3) is 0.462. The van der Waals surface area contributed by atoms with Gasteiger partial charge in [0.15, 0.2) is 5.82 Å². The van der Waals surface area contributed by atoms with Crippen LogP contribution in [0.2, 0.25) is 0 Å². The van der Waals surface area contributed by atoms with E-state index in [0.717, 1.165) is 25.8 Å². The lowest BCUT2D eigenvalue weighted by Crippen LogP contribution is -2.18. The Balaban J connectivity index is 2.64. The van der Waals surface area contributed by atoms with E-state index in [1.54, 1.807) is 11.3 Å². The van der Waals surface area contributed by atoms with E-state index in [1.165, 1.54) is 0 Å². The zero-order chi connectivity index (χ0) is 14.2. The van der Waals surface area contributed by atoms with Crippen molar-refractivity contribution in [3.05, 3.63) is 19.7 Å². The summed E-state index contributed by atoms with van der Waals surface area (Å²) in [7, 11) is 1.88. The van der Waals surface area contributed by atoms with Crippen LogP contribution in [-0.2, 0) is 5.41 Å². The third-order valence-electron chi connectivity index (χ3n) is 2.65. The summed E-state index contributed by atoms with van der Waals surface area (Å²) in [4.78, 5) is 13.8. The summed E-state index contributed by atoms with van der Waals surface area (Å²) in [5.41, 5.74) is 1.87. The van der Waals surface area contributed by atoms with E-state index < -0.39 is 0 Å². The molecule has 0 aromatic carbocycles. The average Bonchev–Trinajstić information content (AvgIpc) is 2.74. The van der Waals surface area contributed by atoms with Crippen LogP contribution in [-0.4, -0.2) is 22.0 Å². The van der Waals surface area contributed by atoms with Crippen LogP contribution in [0.3, 0.4) is 0 Å². The molecule has 0 bridgehead atoms. The minimum atomic E-state index is -0.0229. The molecule has 2 aromatic rings. The molecule has 0 radical (unpaired) electrons. The smallest absolute Gasteiger partial charge is 0.181 e. The lowest BCUT2D eigenvalue weighted by molar-refractivity contribution is 0.564. The Morgan fingerprint density at radius 2 is 1.89 bits per heavy atom. The highest BCUT2D eigenvalue weighted by molar-refractivity contribution is 14.1. The molecule has 0 saturated carbocycles. The molecule has 102 valence electrons. The zero-order valence-electron chi connectivity index (χ0n) is 11.7. The number of nitrogens with one attached hydrogen (secondary N) is 1. The number of aromatic nitrogens is 3. The summed E-state index contributed by atoms with van der Waals surface area (Å²) in [6.07, 6.45) is 0. The van der Waals surface area contributed by atoms with Gasteiger partial charge in [0.2, 0.25) is 0 Å². The maximum atomic E-state index is 4.72. The number of anilines is 1. The van der Waals surface area contributed by atoms with Crippen molar-refractivity contribution in [2.75, 3.05) is 12.4 Å². The van der Waals surface area contributed by atoms with Crippen molar-refractivity contribution in [1.29, 1.82) is 0 Å². The molecule has 0 amide bonds. The summed E-state index contributed by atoms with van der Waals surface area (Å²) < 4.78 is 1.07. The maximum Gasteiger partial charge on any atom is 0.181 e. The Morgan fingerprint density at radius 1 is 1.21 bits per heavy atom. The van der Waals surface area contributed by atoms with Gasteiger partial charge in [-0.25, -0.2) is 15.0 Å². The first kappa shape index (κ1) is 14.6. The molecule has 0 atom stereocenters. The second-order valence-corrected chi connectivity index (χ2v) is 7.45. The first-order valence-corrected chi connectivity index (χ1v) is 7.97. The number of aryl methyl sites for hydroxylation is 1. The molecule has 0 aliphatic heterocycles. The van der Waals surface area contributed by atoms with Gasteiger partial charge in [-0.3, -0.25) is 0 Å². The first-order valence-electron chi connectivity index (χ1n) is 6.01. The largest absolute Gasteiger partial charge is 0.372 e. The van der Waals surface area contributed by atoms with Crippen LogP contribution in [0.4, 0.5) is 5.82 Å². The standard InChI is InChI=1S/C13H17IN4S/c1-7-16-8(6-19-7)11-17-10(13(2,3)4)9(14)12(15-5)18-11/h6H,1-5H3,(H,15,17,18). The first-order chi connectivity index (χ1) is 8.82. The highest BCUT2D eigenvalue weighted by Gasteiger charge is 2.23. The molecular weight excluding hydrogens is 371 g/mol. The molecule has 2 heterocycles. The van der Waals surface area contributed by atoms with Gasteiger partial charge in [-0.05, 0) is 29.5 Å². The summed E-state index contributed by atoms with van der Waals surface area (Å²) >= 11 is 3.92. The molecule has 0 saturated heterocycles. The molecule has 2 aromatic heterocycles. The van der Waals surface area contributed by atoms with Gasteiger partial charge in [-0.15, -0.1) is 11.3 Å². The van der Waals surface area contributed by atoms with Crippen LogP contribution in [0.15, 0.2) is 5.38 Å². The summed E-state index contributed by atoms with van der Waals surface area (Å²) in [6.45, 7) is 8.47. The Kier molecular flexibility index (Phi) is 4.10. The van der Waals surface area contributed by atoms with E-state index in [1.807, 2.05) is 19.4 Å². The van der Waals surface area contributed by atoms with Crippen molar-refractivity contribution < 1.29 is 0 Å². The van der Waals surface area contributed by atoms with Crippen LogP contribution in [0.5, 0.6) is 0 Å². The van der Waals surface area contributed by atoms with E-state index in [0.29, 0.717) is 5.82 Å². The quantitative estimate of drug-likeness (QED) is 0.794. The van der Waals surface area contributed by atoms with Crippen molar-refractivity contribution in [2.24, 2.45) is 0 Å². The van der Waals surface area contributed by atoms with Crippen LogP contribution in [0, 0.1) is 10.5 Å². The lowest BCUT2D eigenvalue weighted by Gasteiger charge is -2.21. The van der Waals surface area contributed by atoms with Crippen molar-refractivity contribution in [2.45, 2.75) is 33.1 Å². The molecule has 0 fully saturated rings. The summed E-state index contributed by atoms with van der Waals surface area (Å²) in [6, 6.07) is 0. The van der Waals surface area contributed by atoms with E-state index in [-0.39, 0.29) is 5.41 Å². The molecule has 1 N–H and O–H groups in total. The Morgan fingerprint density at radius 3 is 2.37 bits per heavy atom. The Hall–Kier alpha value is -0.760. The molecule has 0 unspecified atom stereocenters. The van der Waals surface area contributed by atoms with E-state index in [4.69, 9.17) is 4.98 Å². The molecule has 6 heteroatoms. The molecular formula is C13H17IN4S. The highest BCUT2D eigenvalue weighted by atomic mass is 127. The lowest BCUT2D eigenvalue weighted by atomic mass is 9.92. The normalized spacial score (nSPS) is 11.7. The number of hydrogen-bond donors (Lipinski definition) is 1. The van der Waals surface area contributed by atoms with Gasteiger partial charge in [-0.1, -0.05) is 20.8 Å². The predicted molar refractivity (Wildman–Crippen MR) is 88.8 cm³/mol. The fourth-order valence-corrected chi connectivity index (χ4v) is 3.60. The van der Waals surface area contributed by atoms with Crippen molar-refractivity contribution in [1.82, 2.24) is 15.0 Å². The second kappa shape index (κ2) is 5.32. The van der Waals surface area contributed by atoms with Gasteiger partial charge < -0.3 is 5.32 Å². The Bertz CT molecular complexity index is 601. The summed E-state index contributed by atoms with van der Waals surface area (Å²) in [5, 5.41) is 6.17. The molecule has 2 rings (SSSR count). The van der Waals surface area contributed by atoms with Gasteiger partial charge in [0.05, 0.1) is 14.3 Å². The van der Waals surface area contributed by atoms with Crippen LogP contribution >= 0.6 is 33.9 Å². The third kappa shape index (κ3) is 3.05. The second-order valence-electron chi connectivity index (χ2n) is 5.31. The fourth-order valence-electron chi connectivity index (χ4n) is 1.69. The molecule has 19 heavy (non-hydrogen) atoms. The van der Waals surface area contributed by atoms with E-state index in [2.05, 4.69) is 58.6 Å². The van der Waals surface area contributed by atoms with Gasteiger partial charge in [-0.2, -0.15) is 0 Å². The van der Waals surface area contributed by atoms with Gasteiger partial charge in [0.1, 0.15) is 11.5 Å². The molecule has 0 aliphatic carbocycles. The van der Waals surface area contributed by atoms with Crippen LogP contribution in [0.1, 0.15) is 31.5 Å². The number of nitrogens with zero attached hydrogens (tertiary/aromatic N) is 3. The van der Waals surface area contributed by atoms with Gasteiger partial charge >= 0.3 is 0 Å². The average molecular weight is 388 g/mol. The van der Waals surface area contributed by atoms with Crippen molar-refractivity contribution in [3.8, 4) is 11.5 Å². The predicted octanol–water partition coefficient (Wildman–Crippen LogP) is 3.85.